The molecule has 1 heterocycles. The summed E-state index contributed by atoms with van der Waals surface area (Å²) in [5, 5.41) is 14.5. The average Bonchev–Trinajstić information content (AvgIpc) is 2.69. The van der Waals surface area contributed by atoms with E-state index in [4.69, 9.17) is 22.3 Å². The Hall–Kier alpha value is -4.04. The number of benzene rings is 1. The molecule has 0 unspecified atom stereocenters. The molecule has 8 nitrogen and oxygen atoms in total. The van der Waals surface area contributed by atoms with E-state index >= 15 is 0 Å². The lowest BCUT2D eigenvalue weighted by molar-refractivity contribution is -0.385. The van der Waals surface area contributed by atoms with Crippen LogP contribution in [0, 0.1) is 34.8 Å². The zero-order valence-corrected chi connectivity index (χ0v) is 15.9. The normalized spacial score (nSPS) is 13.8. The summed E-state index contributed by atoms with van der Waals surface area (Å²) in [5.74, 6) is 1.67. The fourth-order valence-electron chi connectivity index (χ4n) is 3.11. The highest BCUT2D eigenvalue weighted by molar-refractivity contribution is 6.00. The van der Waals surface area contributed by atoms with Crippen molar-refractivity contribution in [1.29, 1.82) is 0 Å². The molecule has 1 aliphatic heterocycles. The molecule has 0 atom stereocenters. The van der Waals surface area contributed by atoms with Gasteiger partial charge >= 0.3 is 11.9 Å². The second-order valence-electron chi connectivity index (χ2n) is 6.01. The Labute approximate surface area is 167 Å². The van der Waals surface area contributed by atoms with Gasteiger partial charge in [-0.3, -0.25) is 10.1 Å². The van der Waals surface area contributed by atoms with E-state index in [-0.39, 0.29) is 35.6 Å². The van der Waals surface area contributed by atoms with Crippen molar-refractivity contribution >= 4 is 17.6 Å². The average molecular weight is 394 g/mol. The van der Waals surface area contributed by atoms with Crippen LogP contribution in [0.25, 0.3) is 0 Å². The Morgan fingerprint density at radius 1 is 1.07 bits per heavy atom. The Kier molecular flexibility index (Phi) is 6.78. The van der Waals surface area contributed by atoms with Gasteiger partial charge in [-0.2, -0.15) is 0 Å². The third-order valence-electron chi connectivity index (χ3n) is 4.22. The minimum atomic E-state index is -1.10. The first-order valence-electron chi connectivity index (χ1n) is 8.46. The van der Waals surface area contributed by atoms with Crippen LogP contribution in [0.1, 0.15) is 25.3 Å². The third-order valence-corrected chi connectivity index (χ3v) is 4.22. The van der Waals surface area contributed by atoms with Crippen LogP contribution < -0.4 is 5.32 Å². The van der Waals surface area contributed by atoms with Crippen LogP contribution in [0.3, 0.4) is 0 Å². The summed E-state index contributed by atoms with van der Waals surface area (Å²) in [7, 11) is 0. The number of para-hydroxylation sites is 1. The standard InChI is InChI=1S/C21H18N2O6/c1-5-11-28-20(24)17-13(3)22-14(4)18(21(25)29-12-6-2)19(17)15-9-7-8-10-16(15)23(26)27/h1-2,7-10,19,22H,11-12H2,3-4H3. The fraction of sp³-hybridized carbons (Fsp3) is 0.238. The Morgan fingerprint density at radius 2 is 1.55 bits per heavy atom. The first-order chi connectivity index (χ1) is 13.8. The summed E-state index contributed by atoms with van der Waals surface area (Å²) in [5.41, 5.74) is 0.672. The largest absolute Gasteiger partial charge is 0.449 e. The maximum atomic E-state index is 12.7. The first-order valence-corrected chi connectivity index (χ1v) is 8.46. The van der Waals surface area contributed by atoms with Gasteiger partial charge in [0.1, 0.15) is 0 Å². The van der Waals surface area contributed by atoms with E-state index in [9.17, 15) is 19.7 Å². The fourth-order valence-corrected chi connectivity index (χ4v) is 3.11. The van der Waals surface area contributed by atoms with E-state index in [2.05, 4.69) is 17.2 Å². The van der Waals surface area contributed by atoms with E-state index in [0.29, 0.717) is 11.4 Å². The molecule has 1 aromatic rings. The number of hydrogen-bond acceptors (Lipinski definition) is 7. The van der Waals surface area contributed by atoms with Gasteiger partial charge < -0.3 is 14.8 Å². The zero-order valence-electron chi connectivity index (χ0n) is 15.9. The minimum absolute atomic E-state index is 0.0211. The molecule has 148 valence electrons. The molecule has 0 radical (unpaired) electrons. The highest BCUT2D eigenvalue weighted by Gasteiger charge is 2.40. The maximum Gasteiger partial charge on any atom is 0.337 e. The summed E-state index contributed by atoms with van der Waals surface area (Å²) in [6.45, 7) is 2.61. The smallest absolute Gasteiger partial charge is 0.337 e. The number of nitro groups is 1. The summed E-state index contributed by atoms with van der Waals surface area (Å²) in [6.07, 6.45) is 10.3. The molecule has 0 spiro atoms. The van der Waals surface area contributed by atoms with Crippen molar-refractivity contribution in [3.63, 3.8) is 0 Å². The summed E-state index contributed by atoms with van der Waals surface area (Å²) in [6, 6.07) is 5.82. The molecular weight excluding hydrogens is 376 g/mol. The molecule has 0 saturated carbocycles. The molecule has 1 aromatic carbocycles. The highest BCUT2D eigenvalue weighted by Crippen LogP contribution is 2.42. The van der Waals surface area contributed by atoms with Gasteiger partial charge in [0.05, 0.1) is 22.0 Å². The van der Waals surface area contributed by atoms with Gasteiger partial charge in [-0.05, 0) is 13.8 Å². The number of nitrogens with zero attached hydrogens (tertiary/aromatic N) is 1. The molecule has 29 heavy (non-hydrogen) atoms. The van der Waals surface area contributed by atoms with Crippen LogP contribution in [-0.2, 0) is 19.1 Å². The van der Waals surface area contributed by atoms with Crippen LogP contribution in [-0.4, -0.2) is 30.1 Å². The lowest BCUT2D eigenvalue weighted by Crippen LogP contribution is -2.33. The number of nitrogens with one attached hydrogen (secondary N) is 1. The lowest BCUT2D eigenvalue weighted by atomic mass is 9.79. The summed E-state index contributed by atoms with van der Waals surface area (Å²) >= 11 is 0. The summed E-state index contributed by atoms with van der Waals surface area (Å²) in [4.78, 5) is 36.5. The molecule has 0 fully saturated rings. The maximum absolute atomic E-state index is 12.7. The molecule has 0 bridgehead atoms. The number of esters is 2. The second kappa shape index (κ2) is 9.25. The van der Waals surface area contributed by atoms with E-state index in [0.717, 1.165) is 0 Å². The Bertz CT molecular complexity index is 955. The number of hydrogen-bond donors (Lipinski definition) is 1. The molecule has 8 heteroatoms. The van der Waals surface area contributed by atoms with E-state index < -0.39 is 22.8 Å². The Morgan fingerprint density at radius 3 is 2.00 bits per heavy atom. The van der Waals surface area contributed by atoms with Gasteiger partial charge in [0.25, 0.3) is 5.69 Å². The number of ether oxygens (including phenoxy) is 2. The molecule has 1 N–H and O–H groups in total. The molecule has 0 saturated heterocycles. The Balaban J connectivity index is 2.72. The van der Waals surface area contributed by atoms with Crippen LogP contribution >= 0.6 is 0 Å². The van der Waals surface area contributed by atoms with Crippen LogP contribution in [0.4, 0.5) is 5.69 Å². The number of dihydropyridines is 1. The number of terminal acetylenes is 2. The van der Waals surface area contributed by atoms with Gasteiger partial charge in [0, 0.05) is 23.0 Å². The second-order valence-corrected chi connectivity index (χ2v) is 6.01. The quantitative estimate of drug-likeness (QED) is 0.341. The molecular formula is C21H18N2O6. The first kappa shape index (κ1) is 21.3. The molecule has 0 amide bonds. The molecule has 2 rings (SSSR count). The number of rotatable bonds is 6. The van der Waals surface area contributed by atoms with Crippen LogP contribution in [0.15, 0.2) is 46.8 Å². The SMILES string of the molecule is C#CCOC(=O)C1=C(C)NC(C)=C(C(=O)OCC#C)C1c1ccccc1[N+](=O)[O-]. The number of allylic oxidation sites excluding steroid dienone is 2. The van der Waals surface area contributed by atoms with Crippen molar-refractivity contribution in [1.82, 2.24) is 5.32 Å². The van der Waals surface area contributed by atoms with Gasteiger partial charge in [0.15, 0.2) is 13.2 Å². The van der Waals surface area contributed by atoms with Gasteiger partial charge in [-0.25, -0.2) is 9.59 Å². The molecule has 1 aliphatic rings. The van der Waals surface area contributed by atoms with E-state index in [1.165, 1.54) is 18.2 Å². The van der Waals surface area contributed by atoms with E-state index in [1.54, 1.807) is 19.9 Å². The minimum Gasteiger partial charge on any atom is -0.449 e. The predicted octanol–water partition coefficient (Wildman–Crippen LogP) is 2.18. The summed E-state index contributed by atoms with van der Waals surface area (Å²) < 4.78 is 10.1. The monoisotopic (exact) mass is 394 g/mol. The van der Waals surface area contributed by atoms with Crippen molar-refractivity contribution in [3.05, 3.63) is 62.5 Å². The third kappa shape index (κ3) is 4.45. The van der Waals surface area contributed by atoms with Crippen molar-refractivity contribution in [2.24, 2.45) is 0 Å². The van der Waals surface area contributed by atoms with Crippen LogP contribution in [0.5, 0.6) is 0 Å². The highest BCUT2D eigenvalue weighted by atomic mass is 16.6. The molecule has 0 aromatic heterocycles. The number of nitro benzene ring substituents is 1. The van der Waals surface area contributed by atoms with Crippen molar-refractivity contribution in [3.8, 4) is 24.7 Å². The van der Waals surface area contributed by atoms with Gasteiger partial charge in [-0.15, -0.1) is 12.8 Å². The van der Waals surface area contributed by atoms with Gasteiger partial charge in [0.2, 0.25) is 0 Å². The van der Waals surface area contributed by atoms with Gasteiger partial charge in [-0.1, -0.05) is 30.0 Å². The van der Waals surface area contributed by atoms with Crippen molar-refractivity contribution in [2.75, 3.05) is 13.2 Å². The predicted molar refractivity (Wildman–Crippen MR) is 104 cm³/mol. The van der Waals surface area contributed by atoms with Crippen molar-refractivity contribution < 1.29 is 24.0 Å². The lowest BCUT2D eigenvalue weighted by Gasteiger charge is -2.30. The number of carbonyl (C=O) groups excluding carboxylic acids is 2. The van der Waals surface area contributed by atoms with Crippen LogP contribution in [0.2, 0.25) is 0 Å². The van der Waals surface area contributed by atoms with E-state index in [1.807, 2.05) is 0 Å². The zero-order chi connectivity index (χ0) is 21.6. The number of carbonyl (C=O) groups is 2. The molecule has 0 aliphatic carbocycles. The van der Waals surface area contributed by atoms with Crippen molar-refractivity contribution in [2.45, 2.75) is 19.8 Å². The topological polar surface area (TPSA) is 108 Å².